The number of hydrogen-bond acceptors (Lipinski definition) is 1. The maximum absolute atomic E-state index is 5.51. The average molecular weight is 654 g/mol. The van der Waals surface area contributed by atoms with Gasteiger partial charge in [-0.15, -0.1) is 0 Å². The second kappa shape index (κ2) is 12.9. The molecule has 238 valence electrons. The standard InChI is InChI=1S/C37H41B13N2/c1-15(38)27(39)31(43)26-28(40)23(20-14-16-8-2-3-9-17(16)18-10-4-5-11-19(18)20)24-25(30(42)33(45)32(44)29(24)41)34(26)52-22-13-7-6-12-21(22)51-35(52)36(46,47)37(48,49)50/h2-14,40H,38-39,41-50H2,1H3/b27-15-,31-26-. The third-order valence-corrected chi connectivity index (χ3v) is 13.0. The first-order chi connectivity index (χ1) is 24.5. The van der Waals surface area contributed by atoms with Gasteiger partial charge >= 0.3 is 322 Å². The number of hydrogen-bond donors (Lipinski definition) is 0. The Morgan fingerprint density at radius 1 is 0.692 bits per heavy atom. The van der Waals surface area contributed by atoms with Crippen LogP contribution in [0.15, 0.2) is 89.8 Å². The van der Waals surface area contributed by atoms with Crippen molar-refractivity contribution in [2.45, 2.75) is 17.3 Å². The van der Waals surface area contributed by atoms with E-state index < -0.39 is 0 Å². The molecule has 0 saturated carbocycles. The summed E-state index contributed by atoms with van der Waals surface area (Å²) in [5.74, 6) is 1.07. The summed E-state index contributed by atoms with van der Waals surface area (Å²) in [6.45, 7) is 2.23. The zero-order valence-corrected chi connectivity index (χ0v) is 33.6. The normalized spacial score (nSPS) is 13.5. The summed E-state index contributed by atoms with van der Waals surface area (Å²) < 4.78 is 2.53. The molecule has 52 heavy (non-hydrogen) atoms. The molecule has 0 aliphatic carbocycles. The van der Waals surface area contributed by atoms with E-state index in [1.807, 2.05) is 0 Å². The number of aromatic nitrogens is 2. The van der Waals surface area contributed by atoms with E-state index in [4.69, 9.17) is 12.5 Å². The van der Waals surface area contributed by atoms with Gasteiger partial charge in [-0.25, -0.2) is 0 Å². The Kier molecular flexibility index (Phi) is 9.00. The number of para-hydroxylation sites is 2. The molecule has 0 aliphatic heterocycles. The molecule has 0 fully saturated rings. The molecule has 1 heterocycles. The Hall–Kier alpha value is -3.98. The van der Waals surface area contributed by atoms with Crippen LogP contribution in [-0.2, 0) is 5.21 Å². The predicted molar refractivity (Wildman–Crippen MR) is 266 cm³/mol. The van der Waals surface area contributed by atoms with Gasteiger partial charge in [0.15, 0.2) is 0 Å². The molecule has 0 atom stereocenters. The summed E-state index contributed by atoms with van der Waals surface area (Å²) in [7, 11) is 32.9. The quantitative estimate of drug-likeness (QED) is 0.134. The molecule has 0 saturated heterocycles. The predicted octanol–water partition coefficient (Wildman–Crippen LogP) is -7.03. The van der Waals surface area contributed by atoms with Crippen molar-refractivity contribution in [3.63, 3.8) is 0 Å². The Bertz CT molecular complexity index is 2810. The summed E-state index contributed by atoms with van der Waals surface area (Å²) in [4.78, 5) is 5.51. The van der Waals surface area contributed by atoms with Gasteiger partial charge in [0.05, 0.1) is 0 Å². The van der Waals surface area contributed by atoms with Gasteiger partial charge in [0.2, 0.25) is 0 Å². The van der Waals surface area contributed by atoms with Crippen molar-refractivity contribution >= 4 is 172 Å². The molecule has 7 rings (SSSR count). The van der Waals surface area contributed by atoms with Gasteiger partial charge in [-0.1, -0.05) is 0 Å². The van der Waals surface area contributed by atoms with Crippen molar-refractivity contribution in [2.75, 3.05) is 0 Å². The number of allylic oxidation sites excluding steroid dienone is 2. The first kappa shape index (κ1) is 36.4. The van der Waals surface area contributed by atoms with Gasteiger partial charge in [0.1, 0.15) is 0 Å². The molecule has 0 bridgehead atoms. The van der Waals surface area contributed by atoms with Crippen LogP contribution in [0, 0.1) is 5.11 Å². The van der Waals surface area contributed by atoms with Crippen LogP contribution in [0.4, 0.5) is 0 Å². The van der Waals surface area contributed by atoms with Crippen LogP contribution < -0.4 is 27.1 Å². The SMILES string of the molecule is B=c1c(-c2cc3ccccc3c3ccccc23)c2c(B)c(B)c(B)c(B)c2c(-n2c(C(B)(B)C(B)(B)B)nc3ccccc32)/c1=C(B)/C(B)=C(/B)C. The fourth-order valence-electron chi connectivity index (χ4n) is 8.22. The molecule has 2 nitrogen and oxygen atoms in total. The Morgan fingerprint density at radius 3 is 1.88 bits per heavy atom. The van der Waals surface area contributed by atoms with Crippen molar-refractivity contribution in [2.24, 2.45) is 0 Å². The zero-order chi connectivity index (χ0) is 37.6. The van der Waals surface area contributed by atoms with Gasteiger partial charge in [0, 0.05) is 0 Å². The third-order valence-electron chi connectivity index (χ3n) is 13.0. The van der Waals surface area contributed by atoms with Crippen LogP contribution in [0.25, 0.3) is 65.6 Å². The first-order valence-corrected chi connectivity index (χ1v) is 18.8. The molecule has 0 aliphatic rings. The van der Waals surface area contributed by atoms with E-state index in [9.17, 15) is 0 Å². The topological polar surface area (TPSA) is 17.8 Å². The van der Waals surface area contributed by atoms with Crippen molar-refractivity contribution in [3.8, 4) is 16.8 Å². The maximum atomic E-state index is 5.51. The number of rotatable bonds is 5. The van der Waals surface area contributed by atoms with Crippen molar-refractivity contribution in [3.05, 3.63) is 106 Å². The molecule has 0 radical (unpaired) electrons. The number of fused-ring (bicyclic) bond motifs is 5. The molecule has 0 N–H and O–H groups in total. The summed E-state index contributed by atoms with van der Waals surface area (Å²) in [5, 5.41) is 9.51. The Morgan fingerprint density at radius 2 is 1.25 bits per heavy atom. The first-order valence-electron chi connectivity index (χ1n) is 18.8. The fraction of sp³-hybridized carbons (Fsp3) is 0.0811. The van der Waals surface area contributed by atoms with Gasteiger partial charge < -0.3 is 0 Å². The van der Waals surface area contributed by atoms with E-state index in [1.165, 1.54) is 92.6 Å². The van der Waals surface area contributed by atoms with Crippen LogP contribution in [0.2, 0.25) is 5.11 Å². The molecule has 0 amide bonds. The van der Waals surface area contributed by atoms with Crippen LogP contribution in [0.1, 0.15) is 12.7 Å². The van der Waals surface area contributed by atoms with E-state index in [0.29, 0.717) is 0 Å². The van der Waals surface area contributed by atoms with Crippen LogP contribution in [0.5, 0.6) is 0 Å². The van der Waals surface area contributed by atoms with E-state index in [-0.39, 0.29) is 10.3 Å². The molecular weight excluding hydrogens is 613 g/mol. The third kappa shape index (κ3) is 5.35. The minimum atomic E-state index is -0.272. The second-order valence-corrected chi connectivity index (χ2v) is 16.9. The number of imidazole rings is 1. The summed E-state index contributed by atoms with van der Waals surface area (Å²) in [6.07, 6.45) is 0. The Labute approximate surface area is 320 Å². The minimum absolute atomic E-state index is 0.0641. The molecular formula is C37H41B13N2. The van der Waals surface area contributed by atoms with Crippen molar-refractivity contribution in [1.29, 1.82) is 0 Å². The summed E-state index contributed by atoms with van der Waals surface area (Å²) in [5.41, 5.74) is 14.9. The molecule has 15 heteroatoms. The molecule has 6 aromatic carbocycles. The van der Waals surface area contributed by atoms with Crippen molar-refractivity contribution in [1.82, 2.24) is 9.55 Å². The second-order valence-electron chi connectivity index (χ2n) is 16.9. The Balaban J connectivity index is 1.88. The van der Waals surface area contributed by atoms with Gasteiger partial charge in [-0.3, -0.25) is 0 Å². The summed E-state index contributed by atoms with van der Waals surface area (Å²) >= 11 is 0. The van der Waals surface area contributed by atoms with E-state index in [1.54, 1.807) is 0 Å². The van der Waals surface area contributed by atoms with E-state index in [2.05, 4.69) is 185 Å². The van der Waals surface area contributed by atoms with Crippen LogP contribution in [-0.4, -0.2) is 111 Å². The zero-order valence-electron chi connectivity index (χ0n) is 33.6. The van der Waals surface area contributed by atoms with Crippen molar-refractivity contribution < 1.29 is 0 Å². The summed E-state index contributed by atoms with van der Waals surface area (Å²) in [6, 6.07) is 28.8. The fourth-order valence-corrected chi connectivity index (χ4v) is 8.22. The van der Waals surface area contributed by atoms with Crippen LogP contribution >= 0.6 is 0 Å². The molecule has 1 aromatic heterocycles. The average Bonchev–Trinajstić information content (AvgIpc) is 3.51. The number of nitrogens with zero attached hydrogens (tertiary/aromatic N) is 2. The monoisotopic (exact) mass is 656 g/mol. The van der Waals surface area contributed by atoms with E-state index >= 15 is 0 Å². The van der Waals surface area contributed by atoms with E-state index in [0.717, 1.165) is 22.0 Å². The molecule has 0 unspecified atom stereocenters. The number of benzene rings is 6. The molecule has 0 spiro atoms. The van der Waals surface area contributed by atoms with Crippen LogP contribution in [0.3, 0.4) is 0 Å². The molecule has 7 aromatic rings. The van der Waals surface area contributed by atoms with Gasteiger partial charge in [0.25, 0.3) is 0 Å². The van der Waals surface area contributed by atoms with Gasteiger partial charge in [-0.2, -0.15) is 0 Å². The van der Waals surface area contributed by atoms with Gasteiger partial charge in [-0.05, 0) is 0 Å².